The number of thiocarbonyl (C=S) groups is 1. The van der Waals surface area contributed by atoms with Crippen LogP contribution in [0.2, 0.25) is 0 Å². The largest absolute Gasteiger partial charge is 0.490 e. The highest BCUT2D eigenvalue weighted by Crippen LogP contribution is 2.28. The molecule has 1 fully saturated rings. The molecule has 0 bridgehead atoms. The predicted octanol–water partition coefficient (Wildman–Crippen LogP) is 1.53. The van der Waals surface area contributed by atoms with Gasteiger partial charge in [-0.2, -0.15) is 5.10 Å². The first-order valence-electron chi connectivity index (χ1n) is 9.34. The van der Waals surface area contributed by atoms with Gasteiger partial charge in [0.2, 0.25) is 0 Å². The van der Waals surface area contributed by atoms with E-state index in [-0.39, 0.29) is 18.6 Å². The van der Waals surface area contributed by atoms with Crippen LogP contribution in [0.4, 0.5) is 0 Å². The van der Waals surface area contributed by atoms with Gasteiger partial charge in [0.15, 0.2) is 23.2 Å². The lowest BCUT2D eigenvalue weighted by Crippen LogP contribution is -2.43. The van der Waals surface area contributed by atoms with Crippen molar-refractivity contribution in [1.29, 1.82) is 0 Å². The van der Waals surface area contributed by atoms with Gasteiger partial charge in [-0.05, 0) is 56.8 Å². The Morgan fingerprint density at radius 2 is 2.07 bits per heavy atom. The van der Waals surface area contributed by atoms with Crippen LogP contribution >= 0.6 is 12.2 Å². The van der Waals surface area contributed by atoms with Crippen LogP contribution in [0.25, 0.3) is 0 Å². The van der Waals surface area contributed by atoms with Gasteiger partial charge < -0.3 is 24.4 Å². The Hall–Kier alpha value is -2.39. The van der Waals surface area contributed by atoms with E-state index in [0.29, 0.717) is 49.5 Å². The molecule has 0 saturated carbocycles. The van der Waals surface area contributed by atoms with Crippen LogP contribution in [-0.4, -0.2) is 67.7 Å². The molecule has 154 valence electrons. The Labute approximate surface area is 171 Å². The first kappa shape index (κ1) is 21.9. The summed E-state index contributed by atoms with van der Waals surface area (Å²) in [5, 5.41) is 7.61. The van der Waals surface area contributed by atoms with Crippen molar-refractivity contribution in [1.82, 2.24) is 15.6 Å². The van der Waals surface area contributed by atoms with Crippen LogP contribution in [-0.2, 0) is 9.53 Å². The summed E-state index contributed by atoms with van der Waals surface area (Å²) in [4.78, 5) is 14.0. The molecule has 1 saturated heterocycles. The third kappa shape index (κ3) is 7.32. The van der Waals surface area contributed by atoms with Crippen molar-refractivity contribution in [2.75, 3.05) is 39.5 Å². The SMILES string of the molecule is CCOc1cc(/C=N/NC(=S)NC(C)C)ccc1OCC(=O)N1CCOCC1. The molecule has 2 rings (SSSR count). The minimum Gasteiger partial charge on any atom is -0.490 e. The Morgan fingerprint density at radius 1 is 1.32 bits per heavy atom. The van der Waals surface area contributed by atoms with Crippen LogP contribution in [0.3, 0.4) is 0 Å². The van der Waals surface area contributed by atoms with Crippen molar-refractivity contribution >= 4 is 29.5 Å². The normalized spacial score (nSPS) is 14.2. The Morgan fingerprint density at radius 3 is 2.75 bits per heavy atom. The zero-order valence-electron chi connectivity index (χ0n) is 16.6. The van der Waals surface area contributed by atoms with E-state index in [1.165, 1.54) is 0 Å². The average molecular weight is 409 g/mol. The second-order valence-electron chi connectivity index (χ2n) is 6.42. The summed E-state index contributed by atoms with van der Waals surface area (Å²) >= 11 is 5.12. The second-order valence-corrected chi connectivity index (χ2v) is 6.83. The molecule has 0 spiro atoms. The van der Waals surface area contributed by atoms with Crippen LogP contribution in [0.1, 0.15) is 26.3 Å². The molecule has 1 aromatic rings. The number of morpholine rings is 1. The summed E-state index contributed by atoms with van der Waals surface area (Å²) in [6.07, 6.45) is 1.64. The van der Waals surface area contributed by atoms with E-state index in [9.17, 15) is 4.79 Å². The maximum Gasteiger partial charge on any atom is 0.260 e. The molecule has 9 heteroatoms. The summed E-state index contributed by atoms with van der Waals surface area (Å²) in [5.41, 5.74) is 3.58. The smallest absolute Gasteiger partial charge is 0.260 e. The van der Waals surface area contributed by atoms with Gasteiger partial charge >= 0.3 is 0 Å². The fourth-order valence-electron chi connectivity index (χ4n) is 2.50. The Bertz CT molecular complexity index is 691. The van der Waals surface area contributed by atoms with Crippen molar-refractivity contribution in [2.45, 2.75) is 26.8 Å². The molecular formula is C19H28N4O4S. The fourth-order valence-corrected chi connectivity index (χ4v) is 2.78. The summed E-state index contributed by atoms with van der Waals surface area (Å²) in [5.74, 6) is 1.02. The molecule has 1 aromatic carbocycles. The molecular weight excluding hydrogens is 380 g/mol. The number of benzene rings is 1. The number of hydrogen-bond acceptors (Lipinski definition) is 6. The van der Waals surface area contributed by atoms with E-state index < -0.39 is 0 Å². The van der Waals surface area contributed by atoms with Gasteiger partial charge in [-0.25, -0.2) is 0 Å². The van der Waals surface area contributed by atoms with E-state index in [4.69, 9.17) is 26.4 Å². The second kappa shape index (κ2) is 11.5. The van der Waals surface area contributed by atoms with Crippen molar-refractivity contribution < 1.29 is 19.0 Å². The third-order valence-corrected chi connectivity index (χ3v) is 3.99. The van der Waals surface area contributed by atoms with Crippen molar-refractivity contribution in [3.05, 3.63) is 23.8 Å². The van der Waals surface area contributed by atoms with Gasteiger partial charge in [-0.1, -0.05) is 0 Å². The van der Waals surface area contributed by atoms with Gasteiger partial charge in [-0.3, -0.25) is 10.2 Å². The van der Waals surface area contributed by atoms with Gasteiger partial charge in [0.1, 0.15) is 0 Å². The van der Waals surface area contributed by atoms with Crippen molar-refractivity contribution in [3.8, 4) is 11.5 Å². The van der Waals surface area contributed by atoms with Gasteiger partial charge in [0.05, 0.1) is 26.0 Å². The lowest BCUT2D eigenvalue weighted by molar-refractivity contribution is -0.137. The quantitative estimate of drug-likeness (QED) is 0.383. The maximum absolute atomic E-state index is 12.2. The number of rotatable bonds is 8. The molecule has 1 aliphatic rings. The Kier molecular flexibility index (Phi) is 8.96. The van der Waals surface area contributed by atoms with E-state index in [1.54, 1.807) is 17.2 Å². The molecule has 0 aromatic heterocycles. The van der Waals surface area contributed by atoms with Gasteiger partial charge in [0.25, 0.3) is 5.91 Å². The van der Waals surface area contributed by atoms with Crippen LogP contribution in [0.5, 0.6) is 11.5 Å². The maximum atomic E-state index is 12.2. The molecule has 8 nitrogen and oxygen atoms in total. The average Bonchev–Trinajstić information content (AvgIpc) is 2.67. The summed E-state index contributed by atoms with van der Waals surface area (Å²) in [7, 11) is 0. The van der Waals surface area contributed by atoms with Crippen LogP contribution < -0.4 is 20.2 Å². The van der Waals surface area contributed by atoms with Crippen molar-refractivity contribution in [3.63, 3.8) is 0 Å². The van der Waals surface area contributed by atoms with Gasteiger partial charge in [0, 0.05) is 19.1 Å². The zero-order chi connectivity index (χ0) is 20.4. The first-order chi connectivity index (χ1) is 13.5. The minimum absolute atomic E-state index is 0.0375. The van der Waals surface area contributed by atoms with Crippen LogP contribution in [0.15, 0.2) is 23.3 Å². The number of amides is 1. The summed E-state index contributed by atoms with van der Waals surface area (Å²) in [6.45, 7) is 8.64. The first-order valence-corrected chi connectivity index (χ1v) is 9.75. The van der Waals surface area contributed by atoms with Crippen molar-refractivity contribution in [2.24, 2.45) is 5.10 Å². The Balaban J connectivity index is 1.95. The molecule has 0 aliphatic carbocycles. The summed E-state index contributed by atoms with van der Waals surface area (Å²) in [6, 6.07) is 5.64. The standard InChI is InChI=1S/C19H28N4O4S/c1-4-26-17-11-15(12-20-22-19(28)21-14(2)3)5-6-16(17)27-13-18(24)23-7-9-25-10-8-23/h5-6,11-12,14H,4,7-10,13H2,1-3H3,(H2,21,22,28)/b20-12+. The molecule has 1 amide bonds. The van der Waals surface area contributed by atoms with E-state index in [0.717, 1.165) is 5.56 Å². The molecule has 2 N–H and O–H groups in total. The lowest BCUT2D eigenvalue weighted by Gasteiger charge is -2.26. The molecule has 0 atom stereocenters. The highest BCUT2D eigenvalue weighted by Gasteiger charge is 2.18. The van der Waals surface area contributed by atoms with E-state index in [2.05, 4.69) is 15.8 Å². The number of nitrogens with one attached hydrogen (secondary N) is 2. The number of hydrazone groups is 1. The molecule has 28 heavy (non-hydrogen) atoms. The van der Waals surface area contributed by atoms with E-state index >= 15 is 0 Å². The summed E-state index contributed by atoms with van der Waals surface area (Å²) < 4.78 is 16.6. The highest BCUT2D eigenvalue weighted by molar-refractivity contribution is 7.80. The zero-order valence-corrected chi connectivity index (χ0v) is 17.4. The molecule has 1 heterocycles. The topological polar surface area (TPSA) is 84.4 Å². The monoisotopic (exact) mass is 408 g/mol. The highest BCUT2D eigenvalue weighted by atomic mass is 32.1. The van der Waals surface area contributed by atoms with Gasteiger partial charge in [-0.15, -0.1) is 0 Å². The molecule has 0 unspecified atom stereocenters. The number of ether oxygens (including phenoxy) is 3. The number of carbonyl (C=O) groups is 1. The van der Waals surface area contributed by atoms with Crippen LogP contribution in [0, 0.1) is 0 Å². The lowest BCUT2D eigenvalue weighted by atomic mass is 10.2. The third-order valence-electron chi connectivity index (χ3n) is 3.78. The fraction of sp³-hybridized carbons (Fsp3) is 0.526. The number of carbonyl (C=O) groups excluding carboxylic acids is 1. The van der Waals surface area contributed by atoms with E-state index in [1.807, 2.05) is 32.9 Å². The minimum atomic E-state index is -0.0632. The predicted molar refractivity (Wildman–Crippen MR) is 112 cm³/mol. The number of hydrogen-bond donors (Lipinski definition) is 2. The molecule has 1 aliphatic heterocycles. The number of nitrogens with zero attached hydrogens (tertiary/aromatic N) is 2. The molecule has 0 radical (unpaired) electrons.